The molecule has 0 saturated heterocycles. The Labute approximate surface area is 135 Å². The largest absolute Gasteiger partial charge is 0.493 e. The van der Waals surface area contributed by atoms with Gasteiger partial charge in [-0.15, -0.1) is 22.7 Å². The molecule has 0 fully saturated rings. The smallest absolute Gasteiger partial charge is 0.434 e. The molecule has 1 N–H and O–H groups in total. The van der Waals surface area contributed by atoms with Gasteiger partial charge in [0.25, 0.3) is 0 Å². The summed E-state index contributed by atoms with van der Waals surface area (Å²) in [6.45, 7) is 0. The second-order valence-electron chi connectivity index (χ2n) is 4.25. The molecule has 10 heteroatoms. The molecule has 0 aliphatic rings. The van der Waals surface area contributed by atoms with Crippen LogP contribution >= 0.6 is 22.7 Å². The van der Waals surface area contributed by atoms with Gasteiger partial charge in [0, 0.05) is 17.0 Å². The van der Waals surface area contributed by atoms with Crippen molar-refractivity contribution in [2.75, 3.05) is 0 Å². The van der Waals surface area contributed by atoms with Crippen molar-refractivity contribution in [2.24, 2.45) is 0 Å². The molecule has 0 amide bonds. The fraction of sp³-hybridized carbons (Fsp3) is 0.0769. The number of alkyl halides is 3. The average Bonchev–Trinajstić information content (AvgIpc) is 3.15. The van der Waals surface area contributed by atoms with Gasteiger partial charge in [-0.25, -0.2) is 9.97 Å². The normalized spacial score (nSPS) is 11.4. The van der Waals surface area contributed by atoms with E-state index in [1.165, 1.54) is 17.4 Å². The van der Waals surface area contributed by atoms with Gasteiger partial charge in [0.15, 0.2) is 16.5 Å². The van der Waals surface area contributed by atoms with Crippen LogP contribution in [0, 0.1) is 11.3 Å². The highest BCUT2D eigenvalue weighted by Gasteiger charge is 2.34. The Balaban J connectivity index is 2.08. The van der Waals surface area contributed by atoms with E-state index in [0.29, 0.717) is 10.4 Å². The molecular weight excluding hydrogens is 349 g/mol. The van der Waals surface area contributed by atoms with Crippen LogP contribution in [0.2, 0.25) is 0 Å². The highest BCUT2D eigenvalue weighted by Crippen LogP contribution is 2.34. The molecule has 0 aliphatic heterocycles. The number of thiophene rings is 1. The van der Waals surface area contributed by atoms with Crippen LogP contribution < -0.4 is 0 Å². The van der Waals surface area contributed by atoms with Gasteiger partial charge in [0.1, 0.15) is 10.9 Å². The standard InChI is InChI=1S/C13H5F3N4OS2/c14-13(15,16)9-5-23-12(19-9)11-18-7(3-10(21)20-11)6-1-2-22-8(6)4-17/h1-3,5H,(H,18,20,21). The molecule has 0 unspecified atom stereocenters. The fourth-order valence-corrected chi connectivity index (χ4v) is 3.22. The number of thiazole rings is 1. The molecule has 3 aromatic rings. The van der Waals surface area contributed by atoms with Crippen molar-refractivity contribution >= 4 is 22.7 Å². The summed E-state index contributed by atoms with van der Waals surface area (Å²) >= 11 is 1.92. The van der Waals surface area contributed by atoms with Gasteiger partial charge < -0.3 is 5.11 Å². The fourth-order valence-electron chi connectivity index (χ4n) is 1.77. The Kier molecular flexibility index (Phi) is 3.75. The molecule has 0 saturated carbocycles. The van der Waals surface area contributed by atoms with Crippen molar-refractivity contribution in [1.82, 2.24) is 15.0 Å². The lowest BCUT2D eigenvalue weighted by Gasteiger charge is -2.03. The Morgan fingerprint density at radius 1 is 1.17 bits per heavy atom. The number of aromatic nitrogens is 3. The summed E-state index contributed by atoms with van der Waals surface area (Å²) in [6.07, 6.45) is -4.56. The molecule has 3 rings (SSSR count). The monoisotopic (exact) mass is 354 g/mol. The number of halogens is 3. The number of nitrogens with zero attached hydrogens (tertiary/aromatic N) is 4. The summed E-state index contributed by atoms with van der Waals surface area (Å²) < 4.78 is 37.9. The predicted molar refractivity (Wildman–Crippen MR) is 77.8 cm³/mol. The second-order valence-corrected chi connectivity index (χ2v) is 6.02. The van der Waals surface area contributed by atoms with Crippen LogP contribution in [0.1, 0.15) is 10.6 Å². The van der Waals surface area contributed by atoms with E-state index in [0.717, 1.165) is 16.7 Å². The zero-order valence-electron chi connectivity index (χ0n) is 11.0. The maximum Gasteiger partial charge on any atom is 0.434 e. The first-order valence-electron chi connectivity index (χ1n) is 5.97. The molecule has 116 valence electrons. The lowest BCUT2D eigenvalue weighted by atomic mass is 10.2. The molecule has 3 heterocycles. The summed E-state index contributed by atoms with van der Waals surface area (Å²) in [5.74, 6) is -0.542. The van der Waals surface area contributed by atoms with Crippen LogP contribution in [0.4, 0.5) is 13.2 Å². The summed E-state index contributed by atoms with van der Waals surface area (Å²) in [6, 6.07) is 4.87. The van der Waals surface area contributed by atoms with Crippen LogP contribution in [0.5, 0.6) is 5.88 Å². The van der Waals surface area contributed by atoms with Crippen LogP contribution in [0.3, 0.4) is 0 Å². The van der Waals surface area contributed by atoms with Gasteiger partial charge in [-0.3, -0.25) is 0 Å². The molecule has 3 aromatic heterocycles. The van der Waals surface area contributed by atoms with E-state index in [-0.39, 0.29) is 16.5 Å². The Morgan fingerprint density at radius 3 is 2.61 bits per heavy atom. The third-order valence-corrected chi connectivity index (χ3v) is 4.40. The van der Waals surface area contributed by atoms with Crippen molar-refractivity contribution in [3.05, 3.63) is 33.5 Å². The molecular formula is C13H5F3N4OS2. The summed E-state index contributed by atoms with van der Waals surface area (Å²) in [4.78, 5) is 11.7. The van der Waals surface area contributed by atoms with E-state index in [1.807, 2.05) is 6.07 Å². The first kappa shape index (κ1) is 15.4. The maximum atomic E-state index is 12.6. The van der Waals surface area contributed by atoms with Gasteiger partial charge >= 0.3 is 6.18 Å². The minimum atomic E-state index is -4.56. The van der Waals surface area contributed by atoms with Crippen molar-refractivity contribution in [2.45, 2.75) is 6.18 Å². The average molecular weight is 354 g/mol. The number of hydrogen-bond acceptors (Lipinski definition) is 7. The Hall–Kier alpha value is -2.51. The highest BCUT2D eigenvalue weighted by atomic mass is 32.1. The van der Waals surface area contributed by atoms with Crippen LogP contribution in [-0.4, -0.2) is 20.1 Å². The summed E-state index contributed by atoms with van der Waals surface area (Å²) in [5.41, 5.74) is -0.322. The quantitative estimate of drug-likeness (QED) is 0.754. The molecule has 0 atom stereocenters. The summed E-state index contributed by atoms with van der Waals surface area (Å²) in [7, 11) is 0. The van der Waals surface area contributed by atoms with Crippen LogP contribution in [0.15, 0.2) is 22.9 Å². The highest BCUT2D eigenvalue weighted by molar-refractivity contribution is 7.13. The van der Waals surface area contributed by atoms with E-state index in [9.17, 15) is 18.3 Å². The van der Waals surface area contributed by atoms with Gasteiger partial charge in [0.2, 0.25) is 5.88 Å². The third-order valence-electron chi connectivity index (χ3n) is 2.74. The number of hydrogen-bond donors (Lipinski definition) is 1. The van der Waals surface area contributed by atoms with Gasteiger partial charge in [-0.1, -0.05) is 0 Å². The van der Waals surface area contributed by atoms with E-state index < -0.39 is 17.8 Å². The molecule has 0 radical (unpaired) electrons. The van der Waals surface area contributed by atoms with Crippen molar-refractivity contribution in [3.63, 3.8) is 0 Å². The van der Waals surface area contributed by atoms with E-state index >= 15 is 0 Å². The minimum absolute atomic E-state index is 0.0665. The number of rotatable bonds is 2. The topological polar surface area (TPSA) is 82.7 Å². The van der Waals surface area contributed by atoms with Crippen LogP contribution in [0.25, 0.3) is 22.1 Å². The first-order valence-corrected chi connectivity index (χ1v) is 7.73. The lowest BCUT2D eigenvalue weighted by molar-refractivity contribution is -0.140. The number of aromatic hydroxyl groups is 1. The third kappa shape index (κ3) is 3.01. The van der Waals surface area contributed by atoms with Gasteiger partial charge in [0.05, 0.1) is 5.69 Å². The zero-order chi connectivity index (χ0) is 16.6. The SMILES string of the molecule is N#Cc1sccc1-c1cc(O)nc(-c2nc(C(F)(F)F)cs2)n1. The Morgan fingerprint density at radius 2 is 1.96 bits per heavy atom. The van der Waals surface area contributed by atoms with Gasteiger partial charge in [-0.2, -0.15) is 23.4 Å². The number of nitriles is 1. The van der Waals surface area contributed by atoms with Crippen LogP contribution in [-0.2, 0) is 6.18 Å². The molecule has 0 aliphatic carbocycles. The Bertz CT molecular complexity index is 911. The van der Waals surface area contributed by atoms with E-state index in [1.54, 1.807) is 11.4 Å². The molecule has 23 heavy (non-hydrogen) atoms. The van der Waals surface area contributed by atoms with Crippen molar-refractivity contribution in [3.8, 4) is 34.0 Å². The molecule has 0 aromatic carbocycles. The molecule has 0 bridgehead atoms. The van der Waals surface area contributed by atoms with Crippen molar-refractivity contribution < 1.29 is 18.3 Å². The molecule has 5 nitrogen and oxygen atoms in total. The minimum Gasteiger partial charge on any atom is -0.493 e. The zero-order valence-corrected chi connectivity index (χ0v) is 12.6. The molecule has 0 spiro atoms. The van der Waals surface area contributed by atoms with E-state index in [4.69, 9.17) is 5.26 Å². The first-order chi connectivity index (χ1) is 10.9. The van der Waals surface area contributed by atoms with E-state index in [2.05, 4.69) is 15.0 Å². The second kappa shape index (κ2) is 5.60. The van der Waals surface area contributed by atoms with Gasteiger partial charge in [-0.05, 0) is 11.4 Å². The maximum absolute atomic E-state index is 12.6. The summed E-state index contributed by atoms with van der Waals surface area (Å²) in [5, 5.41) is 21.2. The lowest BCUT2D eigenvalue weighted by Crippen LogP contribution is -2.05. The van der Waals surface area contributed by atoms with Crippen molar-refractivity contribution in [1.29, 1.82) is 5.26 Å². The predicted octanol–water partition coefficient (Wildman–Crippen LogP) is 3.92.